The van der Waals surface area contributed by atoms with Crippen LogP contribution in [-0.2, 0) is 5.41 Å². The Balaban J connectivity index is 1.60. The first-order valence-electron chi connectivity index (χ1n) is 12.7. The second kappa shape index (κ2) is 11.6. The maximum Gasteiger partial charge on any atom is 0.343 e. The molecule has 0 aliphatic carbocycles. The molecule has 202 valence electrons. The number of nitriles is 1. The fourth-order valence-electron chi connectivity index (χ4n) is 4.32. The van der Waals surface area contributed by atoms with E-state index in [1.54, 1.807) is 18.2 Å². The summed E-state index contributed by atoms with van der Waals surface area (Å²) in [6.45, 7) is 8.96. The lowest BCUT2D eigenvalue weighted by Gasteiger charge is -2.27. The second-order valence-corrected chi connectivity index (χ2v) is 11.2. The zero-order chi connectivity index (χ0) is 28.3. The van der Waals surface area contributed by atoms with Gasteiger partial charge in [-0.05, 0) is 41.2 Å². The van der Waals surface area contributed by atoms with E-state index in [1.165, 1.54) is 17.7 Å². The van der Waals surface area contributed by atoms with Crippen molar-refractivity contribution in [3.8, 4) is 23.3 Å². The molecule has 0 bridgehead atoms. The highest BCUT2D eigenvalue weighted by Gasteiger charge is 2.31. The SMILES string of the molecule is CCCCOc1c(Cl)cc(C(=O)Oc2ccc3c(c2)OC(N)=C(C#N)C3c2ccc(C(C)(C)C)cc2)cc1Cl. The molecule has 8 heteroatoms. The normalized spacial score (nSPS) is 14.7. The number of hydrogen-bond donors (Lipinski definition) is 1. The van der Waals surface area contributed by atoms with Gasteiger partial charge < -0.3 is 19.9 Å². The number of esters is 1. The molecule has 1 aliphatic heterocycles. The van der Waals surface area contributed by atoms with Crippen molar-refractivity contribution in [3.05, 3.63) is 98.4 Å². The minimum Gasteiger partial charge on any atom is -0.490 e. The Kier molecular flexibility index (Phi) is 8.44. The molecule has 1 unspecified atom stereocenters. The predicted octanol–water partition coefficient (Wildman–Crippen LogP) is 7.91. The summed E-state index contributed by atoms with van der Waals surface area (Å²) in [7, 11) is 0. The number of hydrogen-bond acceptors (Lipinski definition) is 6. The number of carbonyl (C=O) groups excluding carboxylic acids is 1. The first-order valence-corrected chi connectivity index (χ1v) is 13.4. The average Bonchev–Trinajstić information content (AvgIpc) is 2.88. The van der Waals surface area contributed by atoms with Crippen LogP contribution in [0.2, 0.25) is 10.0 Å². The van der Waals surface area contributed by atoms with Gasteiger partial charge in [-0.2, -0.15) is 5.26 Å². The van der Waals surface area contributed by atoms with E-state index in [9.17, 15) is 10.1 Å². The highest BCUT2D eigenvalue weighted by Crippen LogP contribution is 2.44. The van der Waals surface area contributed by atoms with E-state index in [-0.39, 0.29) is 32.7 Å². The summed E-state index contributed by atoms with van der Waals surface area (Å²) in [5, 5.41) is 10.3. The van der Waals surface area contributed by atoms with Crippen molar-refractivity contribution >= 4 is 29.2 Å². The molecule has 0 saturated carbocycles. The van der Waals surface area contributed by atoms with Gasteiger partial charge in [0.2, 0.25) is 5.88 Å². The second-order valence-electron chi connectivity index (χ2n) is 10.4. The number of halogens is 2. The van der Waals surface area contributed by atoms with Crippen molar-refractivity contribution < 1.29 is 19.0 Å². The van der Waals surface area contributed by atoms with Gasteiger partial charge in [0.15, 0.2) is 5.75 Å². The van der Waals surface area contributed by atoms with Gasteiger partial charge in [-0.1, -0.05) is 87.6 Å². The van der Waals surface area contributed by atoms with Gasteiger partial charge in [-0.25, -0.2) is 4.79 Å². The molecular formula is C31H30Cl2N2O4. The molecular weight excluding hydrogens is 535 g/mol. The molecule has 0 saturated heterocycles. The lowest BCUT2D eigenvalue weighted by atomic mass is 9.81. The first kappa shape index (κ1) is 28.4. The van der Waals surface area contributed by atoms with Gasteiger partial charge in [0.25, 0.3) is 0 Å². The van der Waals surface area contributed by atoms with Crippen LogP contribution >= 0.6 is 23.2 Å². The summed E-state index contributed by atoms with van der Waals surface area (Å²) in [5.41, 5.74) is 9.46. The smallest absolute Gasteiger partial charge is 0.343 e. The summed E-state index contributed by atoms with van der Waals surface area (Å²) in [6.07, 6.45) is 1.82. The highest BCUT2D eigenvalue weighted by atomic mass is 35.5. The Morgan fingerprint density at radius 2 is 1.74 bits per heavy atom. The Morgan fingerprint density at radius 1 is 1.08 bits per heavy atom. The summed E-state index contributed by atoms with van der Waals surface area (Å²) >= 11 is 12.7. The highest BCUT2D eigenvalue weighted by molar-refractivity contribution is 6.37. The number of benzene rings is 3. The first-order chi connectivity index (χ1) is 18.5. The van der Waals surface area contributed by atoms with E-state index in [0.717, 1.165) is 24.0 Å². The lowest BCUT2D eigenvalue weighted by Crippen LogP contribution is -2.21. The summed E-state index contributed by atoms with van der Waals surface area (Å²) in [6, 6.07) is 18.2. The molecule has 1 aliphatic rings. The van der Waals surface area contributed by atoms with Crippen molar-refractivity contribution in [2.75, 3.05) is 6.61 Å². The summed E-state index contributed by atoms with van der Waals surface area (Å²) in [5.74, 6) is -0.0828. The zero-order valence-corrected chi connectivity index (χ0v) is 23.8. The zero-order valence-electron chi connectivity index (χ0n) is 22.3. The van der Waals surface area contributed by atoms with Gasteiger partial charge in [0.1, 0.15) is 23.1 Å². The van der Waals surface area contributed by atoms with Crippen LogP contribution in [0.1, 0.15) is 73.5 Å². The van der Waals surface area contributed by atoms with Gasteiger partial charge >= 0.3 is 5.97 Å². The van der Waals surface area contributed by atoms with Crippen LogP contribution in [-0.4, -0.2) is 12.6 Å². The molecule has 1 heterocycles. The Labute approximate surface area is 238 Å². The number of nitrogens with zero attached hydrogens (tertiary/aromatic N) is 1. The van der Waals surface area contributed by atoms with Gasteiger partial charge in [0.05, 0.1) is 28.1 Å². The number of nitrogens with two attached hydrogens (primary N) is 1. The molecule has 4 rings (SSSR count). The molecule has 0 amide bonds. The van der Waals surface area contributed by atoms with Crippen molar-refractivity contribution in [1.82, 2.24) is 0 Å². The Hall–Kier alpha value is -3.66. The van der Waals surface area contributed by atoms with E-state index >= 15 is 0 Å². The maximum absolute atomic E-state index is 12.9. The van der Waals surface area contributed by atoms with Crippen molar-refractivity contribution in [1.29, 1.82) is 5.26 Å². The summed E-state index contributed by atoms with van der Waals surface area (Å²) < 4.78 is 17.0. The van der Waals surface area contributed by atoms with E-state index in [0.29, 0.717) is 23.7 Å². The topological polar surface area (TPSA) is 94.6 Å². The maximum atomic E-state index is 12.9. The molecule has 0 radical (unpaired) electrons. The molecule has 0 spiro atoms. The standard InChI is InChI=1S/C31H30Cl2N2O4/c1-5-6-13-37-28-24(32)14-19(15-25(28)33)30(36)38-21-11-12-22-26(16-21)39-29(35)23(17-34)27(22)18-7-9-20(10-8-18)31(2,3)4/h7-12,14-16,27H,5-6,13,35H2,1-4H3. The molecule has 1 atom stereocenters. The third-order valence-electron chi connectivity index (χ3n) is 6.49. The molecule has 0 fully saturated rings. The number of rotatable bonds is 7. The quantitative estimate of drug-likeness (QED) is 0.178. The number of unbranched alkanes of at least 4 members (excludes halogenated alkanes) is 1. The van der Waals surface area contributed by atoms with Crippen LogP contribution < -0.4 is 19.9 Å². The van der Waals surface area contributed by atoms with Crippen LogP contribution in [0.5, 0.6) is 17.2 Å². The van der Waals surface area contributed by atoms with E-state index in [2.05, 4.69) is 45.9 Å². The fourth-order valence-corrected chi connectivity index (χ4v) is 4.91. The predicted molar refractivity (Wildman–Crippen MR) is 153 cm³/mol. The van der Waals surface area contributed by atoms with Crippen molar-refractivity contribution in [2.24, 2.45) is 5.73 Å². The van der Waals surface area contributed by atoms with Gasteiger partial charge in [-0.15, -0.1) is 0 Å². The van der Waals surface area contributed by atoms with Crippen molar-refractivity contribution in [3.63, 3.8) is 0 Å². The molecule has 3 aromatic rings. The lowest BCUT2D eigenvalue weighted by molar-refractivity contribution is 0.0734. The average molecular weight is 565 g/mol. The molecule has 39 heavy (non-hydrogen) atoms. The van der Waals surface area contributed by atoms with E-state index in [4.69, 9.17) is 43.1 Å². The van der Waals surface area contributed by atoms with Crippen LogP contribution in [0.15, 0.2) is 66.1 Å². The fraction of sp³-hybridized carbons (Fsp3) is 0.290. The largest absolute Gasteiger partial charge is 0.490 e. The number of fused-ring (bicyclic) bond motifs is 1. The minimum absolute atomic E-state index is 0.00529. The molecule has 0 aromatic heterocycles. The van der Waals surface area contributed by atoms with E-state index in [1.807, 2.05) is 12.1 Å². The Bertz CT molecular complexity index is 1440. The molecule has 6 nitrogen and oxygen atoms in total. The monoisotopic (exact) mass is 564 g/mol. The number of allylic oxidation sites excluding steroid dienone is 1. The van der Waals surface area contributed by atoms with E-state index < -0.39 is 11.9 Å². The van der Waals surface area contributed by atoms with Crippen molar-refractivity contribution in [2.45, 2.75) is 51.9 Å². The third kappa shape index (κ3) is 6.16. The van der Waals surface area contributed by atoms with Gasteiger partial charge in [-0.3, -0.25) is 0 Å². The van der Waals surface area contributed by atoms with Crippen LogP contribution in [0.4, 0.5) is 0 Å². The Morgan fingerprint density at radius 3 is 2.33 bits per heavy atom. The molecule has 3 aromatic carbocycles. The molecule has 2 N–H and O–H groups in total. The van der Waals surface area contributed by atoms with Crippen LogP contribution in [0, 0.1) is 11.3 Å². The number of carbonyl (C=O) groups is 1. The van der Waals surface area contributed by atoms with Crippen LogP contribution in [0.25, 0.3) is 0 Å². The third-order valence-corrected chi connectivity index (χ3v) is 7.05. The van der Waals surface area contributed by atoms with Gasteiger partial charge in [0, 0.05) is 11.6 Å². The summed E-state index contributed by atoms with van der Waals surface area (Å²) in [4.78, 5) is 12.9. The van der Waals surface area contributed by atoms with Crippen LogP contribution in [0.3, 0.4) is 0 Å². The minimum atomic E-state index is -0.648. The number of ether oxygens (including phenoxy) is 3.